The van der Waals surface area contributed by atoms with Crippen LogP contribution in [0.25, 0.3) is 11.4 Å². The van der Waals surface area contributed by atoms with Gasteiger partial charge >= 0.3 is 0 Å². The number of thiophene rings is 1. The van der Waals surface area contributed by atoms with E-state index in [2.05, 4.69) is 46.4 Å². The summed E-state index contributed by atoms with van der Waals surface area (Å²) in [5.41, 5.74) is 3.32. The number of aromatic nitrogens is 2. The number of rotatable bonds is 7. The Bertz CT molecular complexity index is 959. The van der Waals surface area contributed by atoms with Crippen LogP contribution in [-0.2, 0) is 24.2 Å². The molecule has 3 aromatic rings. The quantitative estimate of drug-likeness (QED) is 0.576. The Balaban J connectivity index is 1.31. The highest BCUT2D eigenvalue weighted by Crippen LogP contribution is 2.20. The Morgan fingerprint density at radius 3 is 2.73 bits per heavy atom. The predicted molar refractivity (Wildman–Crippen MR) is 118 cm³/mol. The van der Waals surface area contributed by atoms with E-state index in [4.69, 9.17) is 4.52 Å². The monoisotopic (exact) mass is 424 g/mol. The summed E-state index contributed by atoms with van der Waals surface area (Å²) in [5.74, 6) is 2.05. The number of carbonyl (C=O) groups excluding carboxylic acids is 1. The summed E-state index contributed by atoms with van der Waals surface area (Å²) in [4.78, 5) is 21.4. The van der Waals surface area contributed by atoms with Gasteiger partial charge in [-0.05, 0) is 39.9 Å². The highest BCUT2D eigenvalue weighted by Gasteiger charge is 2.21. The van der Waals surface area contributed by atoms with Gasteiger partial charge < -0.3 is 9.42 Å². The first-order valence-electron chi connectivity index (χ1n) is 10.5. The fourth-order valence-corrected chi connectivity index (χ4v) is 4.37. The Morgan fingerprint density at radius 2 is 2.00 bits per heavy atom. The van der Waals surface area contributed by atoms with E-state index in [-0.39, 0.29) is 5.91 Å². The van der Waals surface area contributed by atoms with Crippen molar-refractivity contribution in [3.05, 3.63) is 58.1 Å². The van der Waals surface area contributed by atoms with Gasteiger partial charge in [0.2, 0.25) is 17.6 Å². The maximum atomic E-state index is 12.5. The topological polar surface area (TPSA) is 62.5 Å². The predicted octanol–water partition coefficient (Wildman–Crippen LogP) is 3.88. The van der Waals surface area contributed by atoms with E-state index in [1.54, 1.807) is 11.3 Å². The first-order valence-corrected chi connectivity index (χ1v) is 11.4. The molecule has 3 heterocycles. The molecule has 158 valence electrons. The third-order valence-electron chi connectivity index (χ3n) is 5.30. The van der Waals surface area contributed by atoms with Crippen LogP contribution in [0.3, 0.4) is 0 Å². The van der Waals surface area contributed by atoms with Gasteiger partial charge in [0.25, 0.3) is 0 Å². The summed E-state index contributed by atoms with van der Waals surface area (Å²) in [6.07, 6.45) is 1.30. The van der Waals surface area contributed by atoms with Crippen LogP contribution in [0.1, 0.15) is 30.9 Å². The smallest absolute Gasteiger partial charge is 0.227 e. The molecule has 1 fully saturated rings. The molecule has 1 aromatic carbocycles. The highest BCUT2D eigenvalue weighted by molar-refractivity contribution is 7.08. The molecular weight excluding hydrogens is 396 g/mol. The molecule has 1 amide bonds. The maximum absolute atomic E-state index is 12.5. The SMILES string of the molecule is CC(C)Cc1nc(-c2cccc(CN3CCN(C(=O)Cc4ccsc4)CC3)c2)no1. The lowest BCUT2D eigenvalue weighted by molar-refractivity contribution is -0.132. The molecule has 7 heteroatoms. The van der Waals surface area contributed by atoms with Crippen LogP contribution < -0.4 is 0 Å². The zero-order chi connectivity index (χ0) is 20.9. The zero-order valence-electron chi connectivity index (χ0n) is 17.6. The number of hydrogen-bond acceptors (Lipinski definition) is 6. The van der Waals surface area contributed by atoms with Crippen LogP contribution in [0, 0.1) is 5.92 Å². The largest absolute Gasteiger partial charge is 0.340 e. The minimum atomic E-state index is 0.226. The minimum absolute atomic E-state index is 0.226. The van der Waals surface area contributed by atoms with Crippen molar-refractivity contribution in [1.29, 1.82) is 0 Å². The molecule has 0 radical (unpaired) electrons. The molecule has 2 aromatic heterocycles. The van der Waals surface area contributed by atoms with Crippen molar-refractivity contribution < 1.29 is 9.32 Å². The maximum Gasteiger partial charge on any atom is 0.227 e. The molecule has 0 atom stereocenters. The van der Waals surface area contributed by atoms with Gasteiger partial charge in [0.15, 0.2) is 0 Å². The number of piperazine rings is 1. The van der Waals surface area contributed by atoms with Crippen LogP contribution in [0.15, 0.2) is 45.6 Å². The van der Waals surface area contributed by atoms with Gasteiger partial charge in [0.05, 0.1) is 6.42 Å². The second-order valence-electron chi connectivity index (χ2n) is 8.28. The van der Waals surface area contributed by atoms with Gasteiger partial charge in [0, 0.05) is 44.7 Å². The van der Waals surface area contributed by atoms with Gasteiger partial charge in [0.1, 0.15) is 0 Å². The molecule has 0 aliphatic carbocycles. The lowest BCUT2D eigenvalue weighted by atomic mass is 10.1. The minimum Gasteiger partial charge on any atom is -0.340 e. The van der Waals surface area contributed by atoms with Gasteiger partial charge in [-0.15, -0.1) is 0 Å². The van der Waals surface area contributed by atoms with E-state index < -0.39 is 0 Å². The standard InChI is InChI=1S/C23H28N4O2S/c1-17(2)12-21-24-23(25-29-21)20-5-3-4-18(13-20)15-26-7-9-27(10-8-26)22(28)14-19-6-11-30-16-19/h3-6,11,13,16-17H,7-10,12,14-15H2,1-2H3. The highest BCUT2D eigenvalue weighted by atomic mass is 32.1. The molecule has 0 saturated carbocycles. The van der Waals surface area contributed by atoms with E-state index in [1.165, 1.54) is 5.56 Å². The normalized spacial score (nSPS) is 15.1. The molecule has 1 saturated heterocycles. The van der Waals surface area contributed by atoms with Crippen LogP contribution in [0.4, 0.5) is 0 Å². The molecule has 4 rings (SSSR count). The van der Waals surface area contributed by atoms with E-state index in [1.807, 2.05) is 28.5 Å². The third kappa shape index (κ3) is 5.34. The molecule has 0 N–H and O–H groups in total. The molecule has 0 unspecified atom stereocenters. The Morgan fingerprint density at radius 1 is 1.17 bits per heavy atom. The number of carbonyl (C=O) groups is 1. The first-order chi connectivity index (χ1) is 14.6. The summed E-state index contributed by atoms with van der Waals surface area (Å²) < 4.78 is 5.38. The van der Waals surface area contributed by atoms with E-state index in [0.717, 1.165) is 50.3 Å². The van der Waals surface area contributed by atoms with Crippen LogP contribution in [0.2, 0.25) is 0 Å². The Labute approximate surface area is 181 Å². The Hall–Kier alpha value is -2.51. The van der Waals surface area contributed by atoms with Crippen LogP contribution in [-0.4, -0.2) is 52.0 Å². The fraction of sp³-hybridized carbons (Fsp3) is 0.435. The van der Waals surface area contributed by atoms with Crippen molar-refractivity contribution >= 4 is 17.2 Å². The molecule has 1 aliphatic rings. The summed E-state index contributed by atoms with van der Waals surface area (Å²) >= 11 is 1.64. The van der Waals surface area contributed by atoms with Gasteiger partial charge in [-0.2, -0.15) is 16.3 Å². The molecule has 30 heavy (non-hydrogen) atoms. The number of hydrogen-bond donors (Lipinski definition) is 0. The van der Waals surface area contributed by atoms with Gasteiger partial charge in [-0.1, -0.05) is 37.2 Å². The molecule has 0 bridgehead atoms. The third-order valence-corrected chi connectivity index (χ3v) is 6.03. The van der Waals surface area contributed by atoms with Crippen molar-refractivity contribution in [1.82, 2.24) is 19.9 Å². The second kappa shape index (κ2) is 9.53. The number of amides is 1. The van der Waals surface area contributed by atoms with Gasteiger partial charge in [-0.3, -0.25) is 9.69 Å². The van der Waals surface area contributed by atoms with Crippen molar-refractivity contribution in [3.63, 3.8) is 0 Å². The average molecular weight is 425 g/mol. The second-order valence-corrected chi connectivity index (χ2v) is 9.06. The lowest BCUT2D eigenvalue weighted by Crippen LogP contribution is -2.48. The number of nitrogens with zero attached hydrogens (tertiary/aromatic N) is 4. The van der Waals surface area contributed by atoms with Crippen molar-refractivity contribution in [3.8, 4) is 11.4 Å². The Kier molecular flexibility index (Phi) is 6.59. The van der Waals surface area contributed by atoms with Crippen molar-refractivity contribution in [2.24, 2.45) is 5.92 Å². The van der Waals surface area contributed by atoms with Crippen molar-refractivity contribution in [2.75, 3.05) is 26.2 Å². The number of benzene rings is 1. The summed E-state index contributed by atoms with van der Waals surface area (Å²) in [6.45, 7) is 8.48. The van der Waals surface area contributed by atoms with E-state index in [0.29, 0.717) is 24.1 Å². The van der Waals surface area contributed by atoms with Crippen molar-refractivity contribution in [2.45, 2.75) is 33.2 Å². The van der Waals surface area contributed by atoms with Gasteiger partial charge in [-0.25, -0.2) is 0 Å². The average Bonchev–Trinajstić information content (AvgIpc) is 3.40. The zero-order valence-corrected chi connectivity index (χ0v) is 18.4. The van der Waals surface area contributed by atoms with E-state index >= 15 is 0 Å². The van der Waals surface area contributed by atoms with Crippen LogP contribution >= 0.6 is 11.3 Å². The summed E-state index contributed by atoms with van der Waals surface area (Å²) in [5, 5.41) is 8.22. The molecular formula is C23H28N4O2S. The molecule has 0 spiro atoms. The van der Waals surface area contributed by atoms with Crippen LogP contribution in [0.5, 0.6) is 0 Å². The molecule has 6 nitrogen and oxygen atoms in total. The summed E-state index contributed by atoms with van der Waals surface area (Å²) in [6, 6.07) is 10.4. The summed E-state index contributed by atoms with van der Waals surface area (Å²) in [7, 11) is 0. The lowest BCUT2D eigenvalue weighted by Gasteiger charge is -2.34. The molecule has 1 aliphatic heterocycles. The first kappa shape index (κ1) is 20.8. The fourth-order valence-electron chi connectivity index (χ4n) is 3.71. The van der Waals surface area contributed by atoms with E-state index in [9.17, 15) is 4.79 Å².